The summed E-state index contributed by atoms with van der Waals surface area (Å²) in [6.45, 7) is 5.02. The van der Waals surface area contributed by atoms with Crippen LogP contribution in [0, 0.1) is 0 Å². The molecular formula is C13H16N2O3. The van der Waals surface area contributed by atoms with Gasteiger partial charge in [-0.3, -0.25) is 4.79 Å². The van der Waals surface area contributed by atoms with Crippen LogP contribution in [0.15, 0.2) is 36.4 Å². The molecule has 96 valence electrons. The molecule has 5 heteroatoms. The van der Waals surface area contributed by atoms with Crippen LogP contribution in [-0.4, -0.2) is 18.5 Å². The van der Waals surface area contributed by atoms with Crippen LogP contribution in [0.25, 0.3) is 0 Å². The first-order chi connectivity index (χ1) is 8.49. The number of nitrogens with two attached hydrogens (primary N) is 1. The molecule has 1 rings (SSSR count). The van der Waals surface area contributed by atoms with Crippen molar-refractivity contribution >= 4 is 23.3 Å². The van der Waals surface area contributed by atoms with Crippen LogP contribution >= 0.6 is 0 Å². The number of nitrogens with one attached hydrogen (secondary N) is 1. The molecule has 0 heterocycles. The number of rotatable bonds is 5. The molecule has 0 aromatic heterocycles. The van der Waals surface area contributed by atoms with Gasteiger partial charge in [-0.15, -0.1) is 0 Å². The zero-order chi connectivity index (χ0) is 13.5. The summed E-state index contributed by atoms with van der Waals surface area (Å²) in [5.41, 5.74) is 7.08. The summed E-state index contributed by atoms with van der Waals surface area (Å²) < 4.78 is 4.81. The van der Waals surface area contributed by atoms with Crippen molar-refractivity contribution in [1.29, 1.82) is 0 Å². The Kier molecular flexibility index (Phi) is 4.92. The molecule has 0 spiro atoms. The first-order valence-corrected chi connectivity index (χ1v) is 5.47. The highest BCUT2D eigenvalue weighted by Gasteiger charge is 2.06. The highest BCUT2D eigenvalue weighted by Crippen LogP contribution is 2.11. The highest BCUT2D eigenvalue weighted by atomic mass is 16.5. The number of hydrogen-bond acceptors (Lipinski definition) is 4. The second-order valence-corrected chi connectivity index (χ2v) is 3.84. The van der Waals surface area contributed by atoms with Crippen LogP contribution in [0.4, 0.5) is 11.4 Å². The Hall–Kier alpha value is -2.30. The van der Waals surface area contributed by atoms with Crippen molar-refractivity contribution in [2.75, 3.05) is 17.7 Å². The molecule has 5 nitrogen and oxygen atoms in total. The summed E-state index contributed by atoms with van der Waals surface area (Å²) in [6.07, 6.45) is 0.0911. The van der Waals surface area contributed by atoms with E-state index in [1.54, 1.807) is 31.2 Å². The summed E-state index contributed by atoms with van der Waals surface area (Å²) in [4.78, 5) is 22.6. The van der Waals surface area contributed by atoms with Crippen molar-refractivity contribution < 1.29 is 14.3 Å². The molecule has 0 aliphatic carbocycles. The lowest BCUT2D eigenvalue weighted by atomic mass is 10.3. The van der Waals surface area contributed by atoms with Gasteiger partial charge in [-0.1, -0.05) is 12.6 Å². The molecule has 0 saturated heterocycles. The fraction of sp³-hybridized carbons (Fsp3) is 0.231. The van der Waals surface area contributed by atoms with Crippen molar-refractivity contribution in [3.8, 4) is 0 Å². The average molecular weight is 248 g/mol. The van der Waals surface area contributed by atoms with Crippen molar-refractivity contribution in [2.24, 2.45) is 0 Å². The van der Waals surface area contributed by atoms with Crippen LogP contribution in [0.2, 0.25) is 0 Å². The van der Waals surface area contributed by atoms with Gasteiger partial charge in [-0.2, -0.15) is 0 Å². The zero-order valence-corrected chi connectivity index (χ0v) is 10.2. The van der Waals surface area contributed by atoms with E-state index in [4.69, 9.17) is 10.5 Å². The quantitative estimate of drug-likeness (QED) is 0.472. The monoisotopic (exact) mass is 248 g/mol. The summed E-state index contributed by atoms with van der Waals surface area (Å²) >= 11 is 0. The van der Waals surface area contributed by atoms with Gasteiger partial charge in [-0.25, -0.2) is 4.79 Å². The number of ether oxygens (including phenoxy) is 1. The lowest BCUT2D eigenvalue weighted by molar-refractivity contribution is -0.139. The average Bonchev–Trinajstić information content (AvgIpc) is 2.28. The first kappa shape index (κ1) is 13.8. The van der Waals surface area contributed by atoms with E-state index >= 15 is 0 Å². The van der Waals surface area contributed by atoms with E-state index in [1.165, 1.54) is 0 Å². The molecule has 1 aromatic rings. The van der Waals surface area contributed by atoms with Crippen LogP contribution in [0.3, 0.4) is 0 Å². The number of benzene rings is 1. The Morgan fingerprint density at radius 3 is 2.78 bits per heavy atom. The molecule has 1 aromatic carbocycles. The number of esters is 1. The van der Waals surface area contributed by atoms with E-state index in [0.717, 1.165) is 0 Å². The lowest BCUT2D eigenvalue weighted by Gasteiger charge is -2.06. The topological polar surface area (TPSA) is 81.4 Å². The Morgan fingerprint density at radius 1 is 1.44 bits per heavy atom. The van der Waals surface area contributed by atoms with E-state index in [1.807, 2.05) is 0 Å². The molecule has 0 aliphatic rings. The number of amides is 1. The van der Waals surface area contributed by atoms with Gasteiger partial charge < -0.3 is 15.8 Å². The molecule has 1 amide bonds. The van der Waals surface area contributed by atoms with E-state index in [9.17, 15) is 9.59 Å². The molecule has 0 unspecified atom stereocenters. The molecule has 0 radical (unpaired) electrons. The number of hydrogen-bond donors (Lipinski definition) is 2. The van der Waals surface area contributed by atoms with Gasteiger partial charge in [0.05, 0.1) is 6.42 Å². The minimum atomic E-state index is -0.494. The van der Waals surface area contributed by atoms with Crippen molar-refractivity contribution in [1.82, 2.24) is 0 Å². The fourth-order valence-corrected chi connectivity index (χ4v) is 1.20. The van der Waals surface area contributed by atoms with E-state index in [0.29, 0.717) is 16.9 Å². The van der Waals surface area contributed by atoms with E-state index < -0.39 is 5.97 Å². The fourth-order valence-electron chi connectivity index (χ4n) is 1.20. The van der Waals surface area contributed by atoms with E-state index in [2.05, 4.69) is 11.9 Å². The standard InChI is InChI=1S/C13H16N2O3/c1-9(2)13(17)18-7-6-12(16)15-11-5-3-4-10(14)8-11/h3-5,8H,1,6-7,14H2,2H3,(H,15,16). The molecule has 18 heavy (non-hydrogen) atoms. The Labute approximate surface area is 106 Å². The molecule has 3 N–H and O–H groups in total. The number of carbonyl (C=O) groups excluding carboxylic acids is 2. The molecular weight excluding hydrogens is 232 g/mol. The maximum Gasteiger partial charge on any atom is 0.333 e. The smallest absolute Gasteiger partial charge is 0.333 e. The van der Waals surface area contributed by atoms with Gasteiger partial charge >= 0.3 is 5.97 Å². The molecule has 0 atom stereocenters. The third kappa shape index (κ3) is 4.69. The highest BCUT2D eigenvalue weighted by molar-refractivity contribution is 5.91. The van der Waals surface area contributed by atoms with Crippen LogP contribution < -0.4 is 11.1 Å². The van der Waals surface area contributed by atoms with Gasteiger partial charge in [-0.05, 0) is 25.1 Å². The predicted molar refractivity (Wildman–Crippen MR) is 69.9 cm³/mol. The van der Waals surface area contributed by atoms with E-state index in [-0.39, 0.29) is 18.9 Å². The second-order valence-electron chi connectivity index (χ2n) is 3.84. The summed E-state index contributed by atoms with van der Waals surface area (Å²) in [5.74, 6) is -0.734. The Bertz CT molecular complexity index is 469. The Balaban J connectivity index is 2.34. The third-order valence-electron chi connectivity index (χ3n) is 2.08. The molecule has 0 saturated carbocycles. The van der Waals surface area contributed by atoms with Crippen molar-refractivity contribution in [2.45, 2.75) is 13.3 Å². The number of anilines is 2. The van der Waals surface area contributed by atoms with Crippen molar-refractivity contribution in [3.05, 3.63) is 36.4 Å². The minimum absolute atomic E-state index is 0.0276. The summed E-state index contributed by atoms with van der Waals surface area (Å²) in [7, 11) is 0. The van der Waals surface area contributed by atoms with Gasteiger partial charge in [0.25, 0.3) is 0 Å². The summed E-state index contributed by atoms with van der Waals surface area (Å²) in [5, 5.41) is 2.65. The van der Waals surface area contributed by atoms with Crippen LogP contribution in [0.1, 0.15) is 13.3 Å². The zero-order valence-electron chi connectivity index (χ0n) is 10.2. The van der Waals surface area contributed by atoms with Gasteiger partial charge in [0.2, 0.25) is 5.91 Å². The SMILES string of the molecule is C=C(C)C(=O)OCCC(=O)Nc1cccc(N)c1. The van der Waals surface area contributed by atoms with Crippen molar-refractivity contribution in [3.63, 3.8) is 0 Å². The van der Waals surface area contributed by atoms with Gasteiger partial charge in [0.1, 0.15) is 6.61 Å². The largest absolute Gasteiger partial charge is 0.462 e. The van der Waals surface area contributed by atoms with Crippen LogP contribution in [0.5, 0.6) is 0 Å². The van der Waals surface area contributed by atoms with Crippen LogP contribution in [-0.2, 0) is 14.3 Å². The third-order valence-corrected chi connectivity index (χ3v) is 2.08. The molecule has 0 fully saturated rings. The maximum atomic E-state index is 11.5. The first-order valence-electron chi connectivity index (χ1n) is 5.47. The number of carbonyl (C=O) groups is 2. The maximum absolute atomic E-state index is 11.5. The Morgan fingerprint density at radius 2 is 2.17 bits per heavy atom. The predicted octanol–water partition coefficient (Wildman–Crippen LogP) is 1.72. The summed E-state index contributed by atoms with van der Waals surface area (Å²) in [6, 6.07) is 6.85. The van der Waals surface area contributed by atoms with Gasteiger partial charge in [0.15, 0.2) is 0 Å². The second kappa shape index (κ2) is 6.44. The normalized spacial score (nSPS) is 9.61. The number of nitrogen functional groups attached to an aromatic ring is 1. The molecule has 0 aliphatic heterocycles. The minimum Gasteiger partial charge on any atom is -0.462 e. The lowest BCUT2D eigenvalue weighted by Crippen LogP contribution is -2.16. The molecule has 0 bridgehead atoms. The van der Waals surface area contributed by atoms with Gasteiger partial charge in [0, 0.05) is 16.9 Å².